The number of aryl methyl sites for hydroxylation is 1. The van der Waals surface area contributed by atoms with Gasteiger partial charge in [-0.2, -0.15) is 0 Å². The van der Waals surface area contributed by atoms with Gasteiger partial charge in [-0.05, 0) is 43.7 Å². The monoisotopic (exact) mass is 322 g/mol. The first-order valence-electron chi connectivity index (χ1n) is 5.86. The minimum absolute atomic E-state index is 0.167. The van der Waals surface area contributed by atoms with Crippen molar-refractivity contribution < 1.29 is 9.21 Å². The minimum atomic E-state index is -0.167. The van der Waals surface area contributed by atoms with Crippen LogP contribution in [0.3, 0.4) is 0 Å². The van der Waals surface area contributed by atoms with Crippen molar-refractivity contribution in [3.05, 3.63) is 51.4 Å². The highest BCUT2D eigenvalue weighted by atomic mass is 79.9. The molecule has 0 saturated heterocycles. The molecule has 4 nitrogen and oxygen atoms in total. The molecule has 100 valence electrons. The number of amides is 1. The second-order valence-corrected chi connectivity index (χ2v) is 5.28. The molecular formula is C14H15BrN2O2. The van der Waals surface area contributed by atoms with Gasteiger partial charge in [0.15, 0.2) is 0 Å². The molecule has 1 aromatic carbocycles. The Morgan fingerprint density at radius 3 is 2.74 bits per heavy atom. The van der Waals surface area contributed by atoms with Crippen molar-refractivity contribution in [3.8, 4) is 0 Å². The van der Waals surface area contributed by atoms with Crippen LogP contribution in [0.5, 0.6) is 0 Å². The second kappa shape index (κ2) is 5.48. The zero-order chi connectivity index (χ0) is 14.0. The first-order chi connectivity index (χ1) is 8.97. The van der Waals surface area contributed by atoms with Gasteiger partial charge in [-0.3, -0.25) is 4.79 Å². The summed E-state index contributed by atoms with van der Waals surface area (Å²) in [6, 6.07) is 7.25. The Morgan fingerprint density at radius 2 is 2.11 bits per heavy atom. The molecule has 2 aromatic rings. The molecule has 0 saturated carbocycles. The SMILES string of the molecule is Cc1ccc(CNC(=O)c2cc(Br)cc(N)c2C)o1. The number of nitrogen functional groups attached to an aromatic ring is 1. The van der Waals surface area contributed by atoms with E-state index in [1.165, 1.54) is 0 Å². The fourth-order valence-corrected chi connectivity index (χ4v) is 2.25. The molecule has 2 rings (SSSR count). The van der Waals surface area contributed by atoms with E-state index in [1.807, 2.05) is 26.0 Å². The molecule has 3 N–H and O–H groups in total. The van der Waals surface area contributed by atoms with E-state index >= 15 is 0 Å². The third-order valence-corrected chi connectivity index (χ3v) is 3.33. The molecule has 0 fully saturated rings. The van der Waals surface area contributed by atoms with E-state index in [-0.39, 0.29) is 5.91 Å². The Bertz CT molecular complexity index is 620. The quantitative estimate of drug-likeness (QED) is 0.853. The zero-order valence-electron chi connectivity index (χ0n) is 10.8. The number of carbonyl (C=O) groups excluding carboxylic acids is 1. The number of halogens is 1. The molecule has 0 unspecified atom stereocenters. The Balaban J connectivity index is 2.12. The third-order valence-electron chi connectivity index (χ3n) is 2.88. The maximum Gasteiger partial charge on any atom is 0.252 e. The number of hydrogen-bond acceptors (Lipinski definition) is 3. The molecule has 5 heteroatoms. The molecular weight excluding hydrogens is 308 g/mol. The molecule has 1 amide bonds. The van der Waals surface area contributed by atoms with E-state index < -0.39 is 0 Å². The third kappa shape index (κ3) is 3.17. The van der Waals surface area contributed by atoms with Crippen LogP contribution in [-0.2, 0) is 6.54 Å². The van der Waals surface area contributed by atoms with Gasteiger partial charge >= 0.3 is 0 Å². The van der Waals surface area contributed by atoms with E-state index in [4.69, 9.17) is 10.2 Å². The molecule has 0 aliphatic carbocycles. The second-order valence-electron chi connectivity index (χ2n) is 4.36. The molecule has 19 heavy (non-hydrogen) atoms. The van der Waals surface area contributed by atoms with Crippen LogP contribution >= 0.6 is 15.9 Å². The molecule has 0 atom stereocenters. The highest BCUT2D eigenvalue weighted by Gasteiger charge is 2.12. The first kappa shape index (κ1) is 13.7. The predicted octanol–water partition coefficient (Wildman–Crippen LogP) is 3.17. The number of furan rings is 1. The van der Waals surface area contributed by atoms with Gasteiger partial charge in [-0.25, -0.2) is 0 Å². The topological polar surface area (TPSA) is 68.3 Å². The van der Waals surface area contributed by atoms with Crippen molar-refractivity contribution in [2.24, 2.45) is 0 Å². The number of hydrogen-bond donors (Lipinski definition) is 2. The fourth-order valence-electron chi connectivity index (χ4n) is 1.78. The van der Waals surface area contributed by atoms with Gasteiger partial charge in [0.2, 0.25) is 0 Å². The van der Waals surface area contributed by atoms with Crippen LogP contribution in [0.25, 0.3) is 0 Å². The summed E-state index contributed by atoms with van der Waals surface area (Å²) in [6.07, 6.45) is 0. The standard InChI is InChI=1S/C14H15BrN2O2/c1-8-3-4-11(19-8)7-17-14(18)12-5-10(15)6-13(16)9(12)2/h3-6H,7,16H2,1-2H3,(H,17,18). The van der Waals surface area contributed by atoms with Crippen LogP contribution in [0.15, 0.2) is 33.2 Å². The van der Waals surface area contributed by atoms with Crippen molar-refractivity contribution in [2.75, 3.05) is 5.73 Å². The molecule has 0 bridgehead atoms. The molecule has 1 heterocycles. The molecule has 0 aliphatic rings. The highest BCUT2D eigenvalue weighted by Crippen LogP contribution is 2.22. The number of carbonyl (C=O) groups is 1. The van der Waals surface area contributed by atoms with E-state index in [1.54, 1.807) is 12.1 Å². The number of nitrogens with two attached hydrogens (primary N) is 1. The predicted molar refractivity (Wildman–Crippen MR) is 77.9 cm³/mol. The van der Waals surface area contributed by atoms with Crippen LogP contribution in [0.2, 0.25) is 0 Å². The van der Waals surface area contributed by atoms with Crippen LogP contribution in [0.1, 0.15) is 27.4 Å². The van der Waals surface area contributed by atoms with E-state index in [0.29, 0.717) is 17.8 Å². The lowest BCUT2D eigenvalue weighted by atomic mass is 10.1. The van der Waals surface area contributed by atoms with Gasteiger partial charge in [0.1, 0.15) is 11.5 Å². The van der Waals surface area contributed by atoms with Crippen molar-refractivity contribution in [1.29, 1.82) is 0 Å². The average Bonchev–Trinajstić information content (AvgIpc) is 2.76. The Hall–Kier alpha value is -1.75. The number of nitrogens with one attached hydrogen (secondary N) is 1. The van der Waals surface area contributed by atoms with Crippen LogP contribution in [-0.4, -0.2) is 5.91 Å². The van der Waals surface area contributed by atoms with Crippen molar-refractivity contribution in [1.82, 2.24) is 5.32 Å². The first-order valence-corrected chi connectivity index (χ1v) is 6.66. The summed E-state index contributed by atoms with van der Waals surface area (Å²) in [7, 11) is 0. The summed E-state index contributed by atoms with van der Waals surface area (Å²) >= 11 is 3.34. The number of benzene rings is 1. The lowest BCUT2D eigenvalue weighted by Crippen LogP contribution is -2.23. The summed E-state index contributed by atoms with van der Waals surface area (Å²) in [5.74, 6) is 1.39. The van der Waals surface area contributed by atoms with Gasteiger partial charge in [0.05, 0.1) is 6.54 Å². The Kier molecular flexibility index (Phi) is 3.95. The molecule has 0 aliphatic heterocycles. The highest BCUT2D eigenvalue weighted by molar-refractivity contribution is 9.10. The summed E-state index contributed by atoms with van der Waals surface area (Å²) < 4.78 is 6.19. The van der Waals surface area contributed by atoms with E-state index in [0.717, 1.165) is 21.6 Å². The summed E-state index contributed by atoms with van der Waals surface area (Å²) in [5, 5.41) is 2.81. The van der Waals surface area contributed by atoms with Crippen molar-refractivity contribution in [3.63, 3.8) is 0 Å². The summed E-state index contributed by atoms with van der Waals surface area (Å²) in [6.45, 7) is 4.05. The van der Waals surface area contributed by atoms with Gasteiger partial charge in [-0.1, -0.05) is 15.9 Å². The lowest BCUT2D eigenvalue weighted by molar-refractivity contribution is 0.0947. The van der Waals surface area contributed by atoms with E-state index in [9.17, 15) is 4.79 Å². The average molecular weight is 323 g/mol. The summed E-state index contributed by atoms with van der Waals surface area (Å²) in [5.41, 5.74) is 7.77. The van der Waals surface area contributed by atoms with Crippen LogP contribution < -0.4 is 11.1 Å². The van der Waals surface area contributed by atoms with Crippen molar-refractivity contribution >= 4 is 27.5 Å². The van der Waals surface area contributed by atoms with Gasteiger partial charge in [0, 0.05) is 15.7 Å². The Labute approximate surface area is 120 Å². The van der Waals surface area contributed by atoms with Gasteiger partial charge < -0.3 is 15.5 Å². The van der Waals surface area contributed by atoms with E-state index in [2.05, 4.69) is 21.2 Å². The lowest BCUT2D eigenvalue weighted by Gasteiger charge is -2.09. The van der Waals surface area contributed by atoms with Crippen LogP contribution in [0, 0.1) is 13.8 Å². The fraction of sp³-hybridized carbons (Fsp3) is 0.214. The maximum atomic E-state index is 12.1. The molecule has 1 aromatic heterocycles. The smallest absolute Gasteiger partial charge is 0.252 e. The van der Waals surface area contributed by atoms with Crippen molar-refractivity contribution in [2.45, 2.75) is 20.4 Å². The number of anilines is 1. The number of rotatable bonds is 3. The van der Waals surface area contributed by atoms with Gasteiger partial charge in [0.25, 0.3) is 5.91 Å². The largest absolute Gasteiger partial charge is 0.465 e. The minimum Gasteiger partial charge on any atom is -0.465 e. The zero-order valence-corrected chi connectivity index (χ0v) is 12.4. The Morgan fingerprint density at radius 1 is 1.37 bits per heavy atom. The normalized spacial score (nSPS) is 10.5. The van der Waals surface area contributed by atoms with Crippen LogP contribution in [0.4, 0.5) is 5.69 Å². The maximum absolute atomic E-state index is 12.1. The summed E-state index contributed by atoms with van der Waals surface area (Å²) in [4.78, 5) is 12.1. The molecule has 0 spiro atoms. The van der Waals surface area contributed by atoms with Gasteiger partial charge in [-0.15, -0.1) is 0 Å². The molecule has 0 radical (unpaired) electrons.